The van der Waals surface area contributed by atoms with Crippen LogP contribution in [0.15, 0.2) is 160 Å². The van der Waals surface area contributed by atoms with Gasteiger partial charge in [-0.15, -0.1) is 0 Å². The third kappa shape index (κ3) is 3.00. The molecule has 4 aromatic heterocycles. The second-order valence-corrected chi connectivity index (χ2v) is 15.5. The van der Waals surface area contributed by atoms with Crippen LogP contribution in [-0.2, 0) is 0 Å². The third-order valence-electron chi connectivity index (χ3n) is 13.0. The predicted molar refractivity (Wildman–Crippen MR) is 229 cm³/mol. The van der Waals surface area contributed by atoms with Crippen molar-refractivity contribution in [3.05, 3.63) is 152 Å². The van der Waals surface area contributed by atoms with Crippen molar-refractivity contribution in [3.8, 4) is 11.4 Å². The first-order chi connectivity index (χ1) is 27.3. The quantitative estimate of drug-likeness (QED) is 0.148. The molecule has 0 fully saturated rings. The van der Waals surface area contributed by atoms with Gasteiger partial charge in [0, 0.05) is 43.7 Å². The number of para-hydroxylation sites is 2. The number of rotatable bonds is 0. The number of hydrogen-bond donors (Lipinski definition) is 0. The molecule has 0 unspecified atom stereocenters. The average molecular weight is 697 g/mol. The molecule has 0 saturated carbocycles. The van der Waals surface area contributed by atoms with Gasteiger partial charge >= 0.3 is 0 Å². The summed E-state index contributed by atoms with van der Waals surface area (Å²) in [4.78, 5) is 0. The molecule has 13 aromatic rings. The van der Waals surface area contributed by atoms with Crippen molar-refractivity contribution in [3.63, 3.8) is 0 Å². The molecule has 0 aliphatic carbocycles. The van der Waals surface area contributed by atoms with Gasteiger partial charge in [-0.2, -0.15) is 0 Å². The van der Waals surface area contributed by atoms with Crippen molar-refractivity contribution >= 4 is 132 Å². The van der Waals surface area contributed by atoms with Crippen molar-refractivity contribution in [1.29, 1.82) is 0 Å². The smallest absolute Gasteiger partial charge is 0.252 e. The van der Waals surface area contributed by atoms with Gasteiger partial charge in [0.05, 0.1) is 32.8 Å². The molecule has 0 N–H and O–H groups in total. The minimum Gasteiger partial charge on any atom is -0.455 e. The highest BCUT2D eigenvalue weighted by atomic mass is 16.3. The SMILES string of the molecule is c1cc2c3c(c1)-n1c4ccc5c6ccccc6oc5c4c4c5ccccc5cc(c41)B3c1cc3ccccc3c3c4c5oc6ccccc6c5ccc4n-2c13. The zero-order valence-electron chi connectivity index (χ0n) is 29.2. The molecule has 9 aromatic carbocycles. The van der Waals surface area contributed by atoms with Crippen LogP contribution in [-0.4, -0.2) is 15.8 Å². The number of nitrogens with zero attached hydrogens (tertiary/aromatic N) is 2. The molecule has 4 nitrogen and oxygen atoms in total. The zero-order valence-corrected chi connectivity index (χ0v) is 29.2. The number of aromatic nitrogens is 2. The lowest BCUT2D eigenvalue weighted by Gasteiger charge is -2.34. The van der Waals surface area contributed by atoms with Gasteiger partial charge in [-0.05, 0) is 86.5 Å². The van der Waals surface area contributed by atoms with E-state index in [0.29, 0.717) is 0 Å². The van der Waals surface area contributed by atoms with Crippen LogP contribution in [0.25, 0.3) is 120 Å². The highest BCUT2D eigenvalue weighted by molar-refractivity contribution is 7.00. The molecule has 250 valence electrons. The van der Waals surface area contributed by atoms with Crippen LogP contribution in [0.1, 0.15) is 0 Å². The lowest BCUT2D eigenvalue weighted by Crippen LogP contribution is -2.59. The molecule has 15 rings (SSSR count). The molecule has 0 radical (unpaired) electrons. The predicted octanol–water partition coefficient (Wildman–Crippen LogP) is 11.1. The normalized spacial score (nSPS) is 13.4. The first-order valence-electron chi connectivity index (χ1n) is 19.1. The van der Waals surface area contributed by atoms with Crippen molar-refractivity contribution < 1.29 is 8.83 Å². The van der Waals surface area contributed by atoms with E-state index in [2.05, 4.69) is 161 Å². The van der Waals surface area contributed by atoms with Crippen LogP contribution < -0.4 is 16.4 Å². The fourth-order valence-corrected chi connectivity index (χ4v) is 11.0. The number of fused-ring (bicyclic) bond motifs is 22. The van der Waals surface area contributed by atoms with E-state index in [1.165, 1.54) is 92.9 Å². The summed E-state index contributed by atoms with van der Waals surface area (Å²) < 4.78 is 18.7. The third-order valence-corrected chi connectivity index (χ3v) is 13.0. The van der Waals surface area contributed by atoms with Gasteiger partial charge in [0.25, 0.3) is 6.71 Å². The molecule has 2 aliphatic rings. The first-order valence-corrected chi connectivity index (χ1v) is 19.1. The summed E-state index contributed by atoms with van der Waals surface area (Å²) >= 11 is 0. The Bertz CT molecular complexity index is 3710. The van der Waals surface area contributed by atoms with Crippen LogP contribution in [0.4, 0.5) is 0 Å². The molecule has 0 spiro atoms. The maximum Gasteiger partial charge on any atom is 0.252 e. The average Bonchev–Trinajstić information content (AvgIpc) is 3.99. The molecule has 2 aliphatic heterocycles. The van der Waals surface area contributed by atoms with Crippen molar-refractivity contribution in [1.82, 2.24) is 9.13 Å². The molecular weight excluding hydrogens is 671 g/mol. The summed E-state index contributed by atoms with van der Waals surface area (Å²) in [7, 11) is 0. The van der Waals surface area contributed by atoms with Crippen LogP contribution in [0.2, 0.25) is 0 Å². The van der Waals surface area contributed by atoms with Gasteiger partial charge in [-0.1, -0.05) is 103 Å². The van der Waals surface area contributed by atoms with E-state index in [-0.39, 0.29) is 6.71 Å². The van der Waals surface area contributed by atoms with Crippen molar-refractivity contribution in [2.75, 3.05) is 0 Å². The van der Waals surface area contributed by atoms with Gasteiger partial charge < -0.3 is 18.0 Å². The molecule has 0 atom stereocenters. The Kier molecular flexibility index (Phi) is 4.53. The maximum atomic E-state index is 6.83. The maximum absolute atomic E-state index is 6.83. The van der Waals surface area contributed by atoms with Crippen LogP contribution in [0.3, 0.4) is 0 Å². The second-order valence-electron chi connectivity index (χ2n) is 15.5. The van der Waals surface area contributed by atoms with Crippen molar-refractivity contribution in [2.24, 2.45) is 0 Å². The van der Waals surface area contributed by atoms with E-state index in [0.717, 1.165) is 43.9 Å². The Morgan fingerprint density at radius 2 is 0.836 bits per heavy atom. The molecule has 6 heterocycles. The van der Waals surface area contributed by atoms with E-state index in [1.807, 2.05) is 0 Å². The molecular formula is C50H25BN2O2. The van der Waals surface area contributed by atoms with E-state index in [1.54, 1.807) is 0 Å². The number of furan rings is 2. The van der Waals surface area contributed by atoms with E-state index < -0.39 is 0 Å². The van der Waals surface area contributed by atoms with Crippen molar-refractivity contribution in [2.45, 2.75) is 0 Å². The van der Waals surface area contributed by atoms with Crippen LogP contribution in [0.5, 0.6) is 0 Å². The summed E-state index contributed by atoms with van der Waals surface area (Å²) in [6, 6.07) is 55.7. The van der Waals surface area contributed by atoms with Gasteiger partial charge in [0.15, 0.2) is 0 Å². The highest BCUT2D eigenvalue weighted by Crippen LogP contribution is 2.47. The summed E-state index contributed by atoms with van der Waals surface area (Å²) in [5.74, 6) is 0. The Morgan fingerprint density at radius 1 is 0.382 bits per heavy atom. The summed E-state index contributed by atoms with van der Waals surface area (Å²) in [5.41, 5.74) is 15.1. The fraction of sp³-hybridized carbons (Fsp3) is 0. The molecule has 0 saturated heterocycles. The highest BCUT2D eigenvalue weighted by Gasteiger charge is 2.42. The monoisotopic (exact) mass is 696 g/mol. The molecule has 0 bridgehead atoms. The molecule has 55 heavy (non-hydrogen) atoms. The van der Waals surface area contributed by atoms with Crippen LogP contribution in [0, 0.1) is 0 Å². The Morgan fingerprint density at radius 3 is 1.35 bits per heavy atom. The summed E-state index contributed by atoms with van der Waals surface area (Å²) in [6.45, 7) is 0.0105. The van der Waals surface area contributed by atoms with Gasteiger partial charge in [-0.25, -0.2) is 0 Å². The Balaban J connectivity index is 1.20. The lowest BCUT2D eigenvalue weighted by atomic mass is 9.34. The number of hydrogen-bond acceptors (Lipinski definition) is 2. The minimum atomic E-state index is 0.0105. The van der Waals surface area contributed by atoms with E-state index in [4.69, 9.17) is 8.83 Å². The minimum absolute atomic E-state index is 0.0105. The first kappa shape index (κ1) is 27.4. The topological polar surface area (TPSA) is 36.1 Å². The summed E-state index contributed by atoms with van der Waals surface area (Å²) in [5, 5.41) is 14.5. The largest absolute Gasteiger partial charge is 0.455 e. The fourth-order valence-electron chi connectivity index (χ4n) is 11.0. The van der Waals surface area contributed by atoms with E-state index >= 15 is 0 Å². The standard InChI is InChI=1S/C50H25BN2O2/c1-3-12-28-26(10-1)24-34-47-42(28)44-36(22-20-32-30-14-5-7-18-40(30)54-49(32)44)52(47)38-16-9-17-39-46(38)51(34)35-25-27-11-2-4-13-29(27)43-45-37(53(39)48(35)43)23-21-33-31-15-6-8-19-41(31)55-50(33)45/h1-25H. The van der Waals surface area contributed by atoms with Gasteiger partial charge in [-0.3, -0.25) is 0 Å². The lowest BCUT2D eigenvalue weighted by molar-refractivity contribution is 0.672. The van der Waals surface area contributed by atoms with Gasteiger partial charge in [0.1, 0.15) is 22.3 Å². The second kappa shape index (κ2) is 9.10. The van der Waals surface area contributed by atoms with Crippen LogP contribution >= 0.6 is 0 Å². The molecule has 5 heteroatoms. The van der Waals surface area contributed by atoms with Gasteiger partial charge in [0.2, 0.25) is 0 Å². The van der Waals surface area contributed by atoms with E-state index in [9.17, 15) is 0 Å². The Hall–Kier alpha value is -7.24. The number of benzene rings is 9. The Labute approximate surface area is 312 Å². The summed E-state index contributed by atoms with van der Waals surface area (Å²) in [6.07, 6.45) is 0. The zero-order chi connectivity index (χ0) is 35.3. The molecule has 0 amide bonds.